The summed E-state index contributed by atoms with van der Waals surface area (Å²) in [5, 5.41) is 0. The van der Waals surface area contributed by atoms with Crippen molar-refractivity contribution >= 4 is 19.0 Å². The van der Waals surface area contributed by atoms with Crippen LogP contribution in [-0.2, 0) is 29.2 Å². The molecule has 2 unspecified atom stereocenters. The number of hydrogen-bond acceptors (Lipinski definition) is 5. The fraction of sp³-hybridized carbons (Fsp3) is 1.00. The Balaban J connectivity index is 5.21. The Hall–Kier alpha value is 0.01000. The Morgan fingerprint density at radius 3 is 1.94 bits per heavy atom. The van der Waals surface area contributed by atoms with E-state index < -0.39 is 31.0 Å². The van der Waals surface area contributed by atoms with Crippen molar-refractivity contribution < 1.29 is 39.7 Å². The molecule has 11 heteroatoms. The lowest BCUT2D eigenvalue weighted by atomic mass is 10.7. The van der Waals surface area contributed by atoms with Gasteiger partial charge in [0.2, 0.25) is 0 Å². The molecule has 6 nitrogen and oxygen atoms in total. The number of alkyl halides is 3. The molecule has 0 aliphatic rings. The van der Waals surface area contributed by atoms with Crippen molar-refractivity contribution in [2.24, 2.45) is 0 Å². The van der Waals surface area contributed by atoms with Crippen molar-refractivity contribution in [1.29, 1.82) is 0 Å². The summed E-state index contributed by atoms with van der Waals surface area (Å²) in [6, 6.07) is 0. The highest BCUT2D eigenvalue weighted by Crippen LogP contribution is 2.58. The maximum Gasteiger partial charge on any atom is 0.427 e. The van der Waals surface area contributed by atoms with Crippen LogP contribution in [0.15, 0.2) is 0 Å². The normalized spacial score (nSPS) is 16.8. The molecule has 0 aromatic heterocycles. The maximum atomic E-state index is 12.5. The van der Waals surface area contributed by atoms with Gasteiger partial charge < -0.3 is 9.05 Å². The molecule has 0 saturated carbocycles. The van der Waals surface area contributed by atoms with Gasteiger partial charge in [0.05, 0.1) is 13.2 Å². The molecule has 1 N–H and O–H groups in total. The third-order valence-electron chi connectivity index (χ3n) is 1.36. The van der Waals surface area contributed by atoms with Gasteiger partial charge in [-0.2, -0.15) is 17.4 Å². The molecule has 0 aromatic carbocycles. The van der Waals surface area contributed by atoms with E-state index in [1.165, 1.54) is 13.8 Å². The van der Waals surface area contributed by atoms with Crippen molar-refractivity contribution in [3.05, 3.63) is 0 Å². The zero-order valence-electron chi connectivity index (χ0n) is 8.97. The number of rotatable bonds is 7. The molecule has 0 fully saturated rings. The molecule has 0 aliphatic carbocycles. The molecule has 0 bridgehead atoms. The van der Waals surface area contributed by atoms with E-state index >= 15 is 0 Å². The first-order valence-corrected chi connectivity index (χ1v) is 7.05. The fourth-order valence-electron chi connectivity index (χ4n) is 0.897. The summed E-state index contributed by atoms with van der Waals surface area (Å²) in [7, 11) is -4.71. The highest BCUT2D eigenvalue weighted by Gasteiger charge is 2.56. The van der Waals surface area contributed by atoms with Crippen LogP contribution in [0, 0.1) is 0 Å². The van der Waals surface area contributed by atoms with Crippen LogP contribution >= 0.6 is 7.60 Å². The Bertz CT molecular complexity index is 299. The van der Waals surface area contributed by atoms with E-state index in [0.717, 1.165) is 0 Å². The second-order valence-corrected chi connectivity index (χ2v) is 5.27. The largest absolute Gasteiger partial charge is 0.427 e. The molecule has 0 aliphatic heterocycles. The monoisotopic (exact) mass is 300 g/mol. The van der Waals surface area contributed by atoms with Gasteiger partial charge in [-0.3, -0.25) is 9.12 Å². The summed E-state index contributed by atoms with van der Waals surface area (Å²) in [4.78, 5) is 0. The van der Waals surface area contributed by atoms with Gasteiger partial charge in [-0.1, -0.05) is 0 Å². The van der Waals surface area contributed by atoms with Crippen LogP contribution in [0.5, 0.6) is 0 Å². The molecule has 0 saturated heterocycles. The standard InChI is InChI=1S/C6H12F3O6PS/c1-3-13-16(10,14-4-2)5(6(7,8)9)15-17(11)12/h5H,3-4H2,1-2H3,(H,11,12). The highest BCUT2D eigenvalue weighted by atomic mass is 32.2. The van der Waals surface area contributed by atoms with E-state index in [9.17, 15) is 21.9 Å². The summed E-state index contributed by atoms with van der Waals surface area (Å²) < 4.78 is 80.4. The minimum Gasteiger partial charge on any atom is -0.307 e. The summed E-state index contributed by atoms with van der Waals surface area (Å²) in [6.07, 6.45) is -5.15. The van der Waals surface area contributed by atoms with Crippen LogP contribution in [-0.4, -0.2) is 34.0 Å². The lowest BCUT2D eigenvalue weighted by Gasteiger charge is -2.25. The van der Waals surface area contributed by atoms with Crippen LogP contribution in [0.2, 0.25) is 0 Å². The summed E-state index contributed by atoms with van der Waals surface area (Å²) >= 11 is -3.25. The van der Waals surface area contributed by atoms with E-state index in [-0.39, 0.29) is 13.2 Å². The molecule has 0 heterocycles. The first-order chi connectivity index (χ1) is 7.67. The summed E-state index contributed by atoms with van der Waals surface area (Å²) in [5.41, 5.74) is 0. The quantitative estimate of drug-likeness (QED) is 0.574. The van der Waals surface area contributed by atoms with Gasteiger partial charge >= 0.3 is 25.1 Å². The van der Waals surface area contributed by atoms with Gasteiger partial charge in [-0.15, -0.1) is 0 Å². The average Bonchev–Trinajstić information content (AvgIpc) is 2.13. The maximum absolute atomic E-state index is 12.5. The van der Waals surface area contributed by atoms with E-state index in [0.29, 0.717) is 0 Å². The van der Waals surface area contributed by atoms with Crippen LogP contribution in [0.4, 0.5) is 13.2 Å². The van der Waals surface area contributed by atoms with E-state index in [4.69, 9.17) is 4.55 Å². The van der Waals surface area contributed by atoms with E-state index in [2.05, 4.69) is 13.2 Å². The van der Waals surface area contributed by atoms with Crippen molar-refractivity contribution in [2.75, 3.05) is 13.2 Å². The highest BCUT2D eigenvalue weighted by molar-refractivity contribution is 7.74. The van der Waals surface area contributed by atoms with Gasteiger partial charge in [-0.25, -0.2) is 4.18 Å². The van der Waals surface area contributed by atoms with Crippen LogP contribution in [0.1, 0.15) is 13.8 Å². The Labute approximate surface area is 98.5 Å². The minimum atomic E-state index is -5.15. The SMILES string of the molecule is CCOP(=O)(OCC)C(OS(=O)O)C(F)(F)F. The summed E-state index contributed by atoms with van der Waals surface area (Å²) in [5.74, 6) is -3.10. The van der Waals surface area contributed by atoms with Gasteiger partial charge in [-0.05, 0) is 13.8 Å². The Kier molecular flexibility index (Phi) is 6.82. The van der Waals surface area contributed by atoms with Crippen LogP contribution in [0.3, 0.4) is 0 Å². The van der Waals surface area contributed by atoms with Gasteiger partial charge in [0.25, 0.3) is 5.85 Å². The van der Waals surface area contributed by atoms with E-state index in [1.54, 1.807) is 0 Å². The number of hydrogen-bond donors (Lipinski definition) is 1. The van der Waals surface area contributed by atoms with Crippen LogP contribution in [0.25, 0.3) is 0 Å². The summed E-state index contributed by atoms with van der Waals surface area (Å²) in [6.45, 7) is 1.95. The second kappa shape index (κ2) is 6.81. The molecule has 0 aromatic rings. The Morgan fingerprint density at radius 2 is 1.71 bits per heavy atom. The zero-order valence-corrected chi connectivity index (χ0v) is 10.7. The molecular formula is C6H12F3O6PS. The molecule has 0 spiro atoms. The lowest BCUT2D eigenvalue weighted by Crippen LogP contribution is -2.33. The molecule has 0 rings (SSSR count). The van der Waals surface area contributed by atoms with Crippen molar-refractivity contribution in [1.82, 2.24) is 0 Å². The molecule has 104 valence electrons. The molecule has 2 atom stereocenters. The first kappa shape index (κ1) is 17.0. The van der Waals surface area contributed by atoms with Gasteiger partial charge in [0.15, 0.2) is 0 Å². The Morgan fingerprint density at radius 1 is 1.29 bits per heavy atom. The predicted molar refractivity (Wildman–Crippen MR) is 52.6 cm³/mol. The van der Waals surface area contributed by atoms with Crippen molar-refractivity contribution in [3.8, 4) is 0 Å². The van der Waals surface area contributed by atoms with Crippen molar-refractivity contribution in [2.45, 2.75) is 25.9 Å². The topological polar surface area (TPSA) is 82.1 Å². The molecule has 0 radical (unpaired) electrons. The van der Waals surface area contributed by atoms with Crippen molar-refractivity contribution in [3.63, 3.8) is 0 Å². The van der Waals surface area contributed by atoms with Gasteiger partial charge in [0, 0.05) is 0 Å². The van der Waals surface area contributed by atoms with Gasteiger partial charge in [0.1, 0.15) is 0 Å². The predicted octanol–water partition coefficient (Wildman–Crippen LogP) is 2.29. The third-order valence-corrected chi connectivity index (χ3v) is 4.07. The van der Waals surface area contributed by atoms with Crippen LogP contribution < -0.4 is 0 Å². The minimum absolute atomic E-state index is 0.328. The fourth-order valence-corrected chi connectivity index (χ4v) is 3.23. The van der Waals surface area contributed by atoms with E-state index in [1.807, 2.05) is 0 Å². The first-order valence-electron chi connectivity index (χ1n) is 4.40. The smallest absolute Gasteiger partial charge is 0.307 e. The molecular weight excluding hydrogens is 288 g/mol. The molecule has 17 heavy (non-hydrogen) atoms. The lowest BCUT2D eigenvalue weighted by molar-refractivity contribution is -0.174. The third kappa shape index (κ3) is 5.45. The second-order valence-electron chi connectivity index (χ2n) is 2.58. The number of halogens is 3. The molecule has 0 amide bonds. The average molecular weight is 300 g/mol. The zero-order chi connectivity index (χ0) is 13.7.